The molecule has 1 aliphatic rings. The van der Waals surface area contributed by atoms with Crippen molar-refractivity contribution < 1.29 is 4.39 Å². The van der Waals surface area contributed by atoms with Crippen LogP contribution in [0.15, 0.2) is 12.2 Å². The van der Waals surface area contributed by atoms with Crippen LogP contribution in [-0.4, -0.2) is 11.5 Å². The van der Waals surface area contributed by atoms with E-state index in [9.17, 15) is 4.39 Å². The molecule has 2 heteroatoms. The van der Waals surface area contributed by atoms with E-state index < -0.39 is 6.17 Å². The minimum Gasteiger partial charge on any atom is -0.241 e. The first-order chi connectivity index (χ1) is 4.22. The first-order valence-corrected chi connectivity index (χ1v) is 3.61. The average molecular weight is 149 g/mol. The molecule has 0 heterocycles. The quantitative estimate of drug-likeness (QED) is 0.366. The summed E-state index contributed by atoms with van der Waals surface area (Å²) < 4.78 is 12.7. The molecule has 0 saturated heterocycles. The smallest absolute Gasteiger partial charge is 0.137 e. The lowest BCUT2D eigenvalue weighted by Gasteiger charge is -2.22. The summed E-state index contributed by atoms with van der Waals surface area (Å²) in [6, 6.07) is 0. The van der Waals surface area contributed by atoms with Crippen LogP contribution in [0.5, 0.6) is 0 Å². The van der Waals surface area contributed by atoms with E-state index in [0.29, 0.717) is 5.57 Å². The van der Waals surface area contributed by atoms with Crippen LogP contribution >= 0.6 is 11.6 Å². The van der Waals surface area contributed by atoms with Crippen molar-refractivity contribution in [1.29, 1.82) is 0 Å². The zero-order valence-corrected chi connectivity index (χ0v) is 5.99. The van der Waals surface area contributed by atoms with Gasteiger partial charge in [-0.05, 0) is 24.8 Å². The van der Waals surface area contributed by atoms with Crippen LogP contribution in [0, 0.1) is 0 Å². The van der Waals surface area contributed by atoms with Gasteiger partial charge in [0.05, 0.1) is 5.38 Å². The molecule has 1 saturated carbocycles. The van der Waals surface area contributed by atoms with Crippen LogP contribution in [0.3, 0.4) is 0 Å². The maximum absolute atomic E-state index is 12.7. The van der Waals surface area contributed by atoms with Gasteiger partial charge in [0.15, 0.2) is 0 Å². The lowest BCUT2D eigenvalue weighted by molar-refractivity contribution is 0.324. The third kappa shape index (κ3) is 1.45. The number of halogens is 2. The first kappa shape index (κ1) is 7.07. The predicted octanol–water partition coefficient (Wildman–Crippen LogP) is 2.67. The van der Waals surface area contributed by atoms with E-state index >= 15 is 0 Å². The largest absolute Gasteiger partial charge is 0.241 e. The molecule has 1 aliphatic carbocycles. The summed E-state index contributed by atoms with van der Waals surface area (Å²) >= 11 is 5.63. The molecule has 0 aromatic carbocycles. The average Bonchev–Trinajstić information content (AvgIpc) is 1.83. The molecule has 52 valence electrons. The summed E-state index contributed by atoms with van der Waals surface area (Å²) in [6.45, 7) is 3.59. The minimum atomic E-state index is -0.958. The van der Waals surface area contributed by atoms with Crippen LogP contribution in [0.25, 0.3) is 0 Å². The van der Waals surface area contributed by atoms with Gasteiger partial charge in [-0.15, -0.1) is 11.6 Å². The summed E-state index contributed by atoms with van der Waals surface area (Å²) in [5, 5.41) is -0.314. The van der Waals surface area contributed by atoms with E-state index in [0.717, 1.165) is 19.3 Å². The van der Waals surface area contributed by atoms with Gasteiger partial charge in [0.25, 0.3) is 0 Å². The third-order valence-electron chi connectivity index (χ3n) is 1.69. The molecule has 1 rings (SSSR count). The third-order valence-corrected chi connectivity index (χ3v) is 2.12. The van der Waals surface area contributed by atoms with E-state index in [2.05, 4.69) is 6.58 Å². The van der Waals surface area contributed by atoms with E-state index in [4.69, 9.17) is 11.6 Å². The van der Waals surface area contributed by atoms with Crippen LogP contribution in [0.4, 0.5) is 4.39 Å². The molecule has 0 spiro atoms. The van der Waals surface area contributed by atoms with E-state index in [1.165, 1.54) is 0 Å². The van der Waals surface area contributed by atoms with Crippen molar-refractivity contribution >= 4 is 11.6 Å². The monoisotopic (exact) mass is 148 g/mol. The van der Waals surface area contributed by atoms with E-state index in [1.54, 1.807) is 0 Å². The van der Waals surface area contributed by atoms with Crippen LogP contribution in [0.1, 0.15) is 19.3 Å². The van der Waals surface area contributed by atoms with Gasteiger partial charge in [0.2, 0.25) is 0 Å². The Morgan fingerprint density at radius 2 is 2.33 bits per heavy atom. The minimum absolute atomic E-state index is 0.314. The predicted molar refractivity (Wildman–Crippen MR) is 37.5 cm³/mol. The molecule has 0 amide bonds. The first-order valence-electron chi connectivity index (χ1n) is 3.17. The Labute approximate surface area is 59.7 Å². The fourth-order valence-electron chi connectivity index (χ4n) is 1.06. The standard InChI is InChI=1S/C7H10ClF/c1-5-3-2-4-6(8)7(5)9/h6-7H,1-4H2. The Bertz CT molecular complexity index is 122. The summed E-state index contributed by atoms with van der Waals surface area (Å²) in [5.74, 6) is 0. The second-order valence-electron chi connectivity index (χ2n) is 2.47. The molecule has 1 fully saturated rings. The molecular formula is C7H10ClF. The van der Waals surface area contributed by atoms with Crippen molar-refractivity contribution in [3.63, 3.8) is 0 Å². The Morgan fingerprint density at radius 3 is 2.78 bits per heavy atom. The van der Waals surface area contributed by atoms with Crippen molar-refractivity contribution in [1.82, 2.24) is 0 Å². The second-order valence-corrected chi connectivity index (χ2v) is 3.03. The molecule has 0 bridgehead atoms. The molecule has 0 aromatic heterocycles. The number of hydrogen-bond acceptors (Lipinski definition) is 0. The summed E-state index contributed by atoms with van der Waals surface area (Å²) in [6.07, 6.45) is 1.64. The maximum atomic E-state index is 12.7. The van der Waals surface area contributed by atoms with Gasteiger partial charge in [0, 0.05) is 0 Å². The Morgan fingerprint density at radius 1 is 1.67 bits per heavy atom. The zero-order valence-electron chi connectivity index (χ0n) is 5.24. The normalized spacial score (nSPS) is 36.9. The Balaban J connectivity index is 2.51. The zero-order chi connectivity index (χ0) is 6.85. The molecule has 0 aliphatic heterocycles. The van der Waals surface area contributed by atoms with E-state index in [-0.39, 0.29) is 5.38 Å². The highest BCUT2D eigenvalue weighted by atomic mass is 35.5. The summed E-state index contributed by atoms with van der Waals surface area (Å²) in [4.78, 5) is 0. The SMILES string of the molecule is C=C1CCCC(Cl)C1F. The highest BCUT2D eigenvalue weighted by molar-refractivity contribution is 6.21. The molecule has 9 heavy (non-hydrogen) atoms. The van der Waals surface area contributed by atoms with Gasteiger partial charge in [-0.1, -0.05) is 6.58 Å². The Kier molecular flexibility index (Phi) is 2.12. The molecule has 0 nitrogen and oxygen atoms in total. The summed E-state index contributed by atoms with van der Waals surface area (Å²) in [7, 11) is 0. The van der Waals surface area contributed by atoms with Gasteiger partial charge in [-0.2, -0.15) is 0 Å². The number of rotatable bonds is 0. The van der Waals surface area contributed by atoms with Gasteiger partial charge >= 0.3 is 0 Å². The molecule has 0 N–H and O–H groups in total. The lowest BCUT2D eigenvalue weighted by Crippen LogP contribution is -2.22. The van der Waals surface area contributed by atoms with Gasteiger partial charge in [-0.25, -0.2) is 4.39 Å². The molecule has 2 atom stereocenters. The highest BCUT2D eigenvalue weighted by Crippen LogP contribution is 2.28. The summed E-state index contributed by atoms with van der Waals surface area (Å²) in [5.41, 5.74) is 0.668. The second kappa shape index (κ2) is 2.70. The number of hydrogen-bond donors (Lipinski definition) is 0. The van der Waals surface area contributed by atoms with Crippen molar-refractivity contribution in [2.75, 3.05) is 0 Å². The fourth-order valence-corrected chi connectivity index (χ4v) is 1.40. The molecular weight excluding hydrogens is 139 g/mol. The highest BCUT2D eigenvalue weighted by Gasteiger charge is 2.25. The topological polar surface area (TPSA) is 0 Å². The van der Waals surface area contributed by atoms with Gasteiger partial charge in [-0.3, -0.25) is 0 Å². The van der Waals surface area contributed by atoms with Crippen LogP contribution in [0.2, 0.25) is 0 Å². The van der Waals surface area contributed by atoms with Crippen LogP contribution in [-0.2, 0) is 0 Å². The fraction of sp³-hybridized carbons (Fsp3) is 0.714. The Hall–Kier alpha value is -0.0400. The molecule has 0 aromatic rings. The maximum Gasteiger partial charge on any atom is 0.137 e. The van der Waals surface area contributed by atoms with Crippen molar-refractivity contribution in [3.05, 3.63) is 12.2 Å². The molecule has 0 radical (unpaired) electrons. The molecule has 2 unspecified atom stereocenters. The van der Waals surface area contributed by atoms with Crippen molar-refractivity contribution in [2.24, 2.45) is 0 Å². The van der Waals surface area contributed by atoms with Crippen LogP contribution < -0.4 is 0 Å². The van der Waals surface area contributed by atoms with E-state index in [1.807, 2.05) is 0 Å². The van der Waals surface area contributed by atoms with Crippen molar-refractivity contribution in [2.45, 2.75) is 30.8 Å². The van der Waals surface area contributed by atoms with Gasteiger partial charge < -0.3 is 0 Å². The van der Waals surface area contributed by atoms with Crippen molar-refractivity contribution in [3.8, 4) is 0 Å². The lowest BCUT2D eigenvalue weighted by atomic mass is 9.94. The number of alkyl halides is 2. The van der Waals surface area contributed by atoms with Gasteiger partial charge in [0.1, 0.15) is 6.17 Å². The number of allylic oxidation sites excluding steroid dienone is 1.